The highest BCUT2D eigenvalue weighted by Gasteiger charge is 2.26. The largest absolute Gasteiger partial charge is 0.367 e. The summed E-state index contributed by atoms with van der Waals surface area (Å²) in [5.74, 6) is 0.219. The normalized spacial score (nSPS) is 19.7. The number of urea groups is 1. The monoisotopic (exact) mass is 492 g/mol. The third kappa shape index (κ3) is 4.49. The van der Waals surface area contributed by atoms with Crippen LogP contribution >= 0.6 is 11.3 Å². The summed E-state index contributed by atoms with van der Waals surface area (Å²) in [5.41, 5.74) is 2.80. The van der Waals surface area contributed by atoms with Gasteiger partial charge in [-0.25, -0.2) is 9.78 Å². The van der Waals surface area contributed by atoms with E-state index < -0.39 is 11.9 Å². The molecule has 0 bridgehead atoms. The minimum Gasteiger partial charge on any atom is -0.367 e. The summed E-state index contributed by atoms with van der Waals surface area (Å²) >= 11 is 1.39. The van der Waals surface area contributed by atoms with Crippen LogP contribution in [0.1, 0.15) is 40.9 Å². The number of imide groups is 1. The van der Waals surface area contributed by atoms with Gasteiger partial charge in [-0.3, -0.25) is 14.9 Å². The van der Waals surface area contributed by atoms with Gasteiger partial charge in [0.05, 0.1) is 16.8 Å². The molecule has 12 heteroatoms. The van der Waals surface area contributed by atoms with Gasteiger partial charge in [0.15, 0.2) is 5.65 Å². The lowest BCUT2D eigenvalue weighted by Crippen LogP contribution is -2.42. The van der Waals surface area contributed by atoms with Gasteiger partial charge in [-0.2, -0.15) is 9.61 Å². The van der Waals surface area contributed by atoms with Crippen molar-refractivity contribution in [2.75, 3.05) is 18.4 Å². The van der Waals surface area contributed by atoms with Crippen LogP contribution in [0, 0.1) is 0 Å². The zero-order valence-electron chi connectivity index (χ0n) is 18.8. The number of anilines is 1. The van der Waals surface area contributed by atoms with Crippen molar-refractivity contribution in [1.29, 1.82) is 0 Å². The molecule has 3 fully saturated rings. The van der Waals surface area contributed by atoms with Crippen LogP contribution in [0.15, 0.2) is 29.4 Å². The minimum atomic E-state index is -0.559. The van der Waals surface area contributed by atoms with Crippen molar-refractivity contribution in [3.8, 4) is 11.3 Å². The smallest absolute Gasteiger partial charge is 0.326 e. The van der Waals surface area contributed by atoms with Gasteiger partial charge >= 0.3 is 6.03 Å². The highest BCUT2D eigenvalue weighted by atomic mass is 32.1. The topological polar surface area (TPSA) is 142 Å². The number of rotatable bonds is 6. The Kier molecular flexibility index (Phi) is 5.46. The van der Waals surface area contributed by atoms with Gasteiger partial charge in [0.25, 0.3) is 11.8 Å². The summed E-state index contributed by atoms with van der Waals surface area (Å²) < 4.78 is 1.69. The number of fused-ring (bicyclic) bond motifs is 1. The number of nitrogens with one attached hydrogen (secondary N) is 5. The summed E-state index contributed by atoms with van der Waals surface area (Å²) in [6.07, 6.45) is 7.20. The average molecular weight is 493 g/mol. The first-order valence-electron chi connectivity index (χ1n) is 11.6. The van der Waals surface area contributed by atoms with E-state index in [9.17, 15) is 14.4 Å². The molecule has 0 radical (unpaired) electrons. The summed E-state index contributed by atoms with van der Waals surface area (Å²) in [7, 11) is 0. The molecule has 3 aliphatic rings. The maximum Gasteiger partial charge on any atom is 0.326 e. The zero-order valence-corrected chi connectivity index (χ0v) is 19.6. The van der Waals surface area contributed by atoms with Crippen molar-refractivity contribution in [2.24, 2.45) is 0 Å². The molecule has 1 aliphatic carbocycles. The number of hydrogen-bond donors (Lipinski definition) is 5. The van der Waals surface area contributed by atoms with Crippen LogP contribution in [0.2, 0.25) is 0 Å². The van der Waals surface area contributed by atoms with E-state index in [4.69, 9.17) is 4.98 Å². The Hall–Kier alpha value is -3.77. The quantitative estimate of drug-likeness (QED) is 0.260. The minimum absolute atomic E-state index is 0.0664. The van der Waals surface area contributed by atoms with Crippen molar-refractivity contribution in [3.05, 3.63) is 39.8 Å². The average Bonchev–Trinajstić information content (AvgIpc) is 3.23. The van der Waals surface area contributed by atoms with E-state index in [1.165, 1.54) is 11.3 Å². The molecule has 35 heavy (non-hydrogen) atoms. The fraction of sp³-hybridized carbons (Fsp3) is 0.348. The third-order valence-corrected chi connectivity index (χ3v) is 7.17. The number of carbonyl (C=O) groups excluding carboxylic acids is 3. The van der Waals surface area contributed by atoms with Gasteiger partial charge in [0.1, 0.15) is 11.5 Å². The van der Waals surface area contributed by atoms with Crippen LogP contribution in [-0.2, 0) is 4.79 Å². The van der Waals surface area contributed by atoms with Crippen LogP contribution < -0.4 is 26.6 Å². The molecule has 0 unspecified atom stereocenters. The molecule has 1 saturated carbocycles. The van der Waals surface area contributed by atoms with Gasteiger partial charge in [-0.15, -0.1) is 11.3 Å². The molecule has 0 spiro atoms. The second-order valence-electron chi connectivity index (χ2n) is 8.94. The molecule has 0 aromatic carbocycles. The van der Waals surface area contributed by atoms with Crippen molar-refractivity contribution in [2.45, 2.75) is 37.8 Å². The second-order valence-corrected chi connectivity index (χ2v) is 9.86. The molecule has 2 saturated heterocycles. The lowest BCUT2D eigenvalue weighted by molar-refractivity contribution is -0.115. The Morgan fingerprint density at radius 3 is 2.69 bits per heavy atom. The van der Waals surface area contributed by atoms with E-state index >= 15 is 0 Å². The SMILES string of the molecule is O=C1NC(=O)/C(=C/c2cnn3c(NC4CC4)cc(-c4csc(C(=O)NC5CCNCC5)c4)nc23)N1. The lowest BCUT2D eigenvalue weighted by Gasteiger charge is -2.23. The first-order valence-corrected chi connectivity index (χ1v) is 12.5. The van der Waals surface area contributed by atoms with Gasteiger partial charge in [0.2, 0.25) is 0 Å². The summed E-state index contributed by atoms with van der Waals surface area (Å²) in [5, 5.41) is 21.0. The predicted molar refractivity (Wildman–Crippen MR) is 131 cm³/mol. The highest BCUT2D eigenvalue weighted by Crippen LogP contribution is 2.31. The van der Waals surface area contributed by atoms with Crippen molar-refractivity contribution < 1.29 is 14.4 Å². The Bertz CT molecular complexity index is 1370. The van der Waals surface area contributed by atoms with E-state index in [2.05, 4.69) is 31.7 Å². The fourth-order valence-corrected chi connectivity index (χ4v) is 5.02. The Morgan fingerprint density at radius 2 is 1.94 bits per heavy atom. The Morgan fingerprint density at radius 1 is 1.11 bits per heavy atom. The fourth-order valence-electron chi connectivity index (χ4n) is 4.22. The molecular formula is C23H24N8O3S. The molecule has 3 aromatic rings. The predicted octanol–water partition coefficient (Wildman–Crippen LogP) is 1.69. The molecule has 2 aliphatic heterocycles. The Balaban J connectivity index is 1.33. The molecule has 180 valence electrons. The van der Waals surface area contributed by atoms with Crippen LogP contribution in [0.4, 0.5) is 10.6 Å². The molecule has 4 amide bonds. The molecule has 3 aromatic heterocycles. The first-order chi connectivity index (χ1) is 17.0. The van der Waals surface area contributed by atoms with Crippen LogP contribution in [0.3, 0.4) is 0 Å². The zero-order chi connectivity index (χ0) is 23.9. The lowest BCUT2D eigenvalue weighted by atomic mass is 10.1. The van der Waals surface area contributed by atoms with Crippen LogP contribution in [-0.4, -0.2) is 57.6 Å². The second kappa shape index (κ2) is 8.78. The number of aromatic nitrogens is 3. The molecule has 11 nitrogen and oxygen atoms in total. The van der Waals surface area contributed by atoms with Crippen molar-refractivity contribution >= 4 is 46.7 Å². The van der Waals surface area contributed by atoms with Crippen LogP contribution in [0.25, 0.3) is 23.0 Å². The summed E-state index contributed by atoms with van der Waals surface area (Å²) in [6, 6.07) is 3.80. The standard InChI is InChI=1S/C23H24N8O3S/c32-21-17(29-23(34)30-21)7-12-10-25-31-19(26-14-1-2-14)9-16(28-20(12)31)13-8-18(35-11-13)22(33)27-15-3-5-24-6-4-15/h7-11,14-15,24,26H,1-6H2,(H,27,33)(H2,29,30,32,34)/b17-7-. The van der Waals surface area contributed by atoms with E-state index in [-0.39, 0.29) is 17.6 Å². The number of amides is 4. The van der Waals surface area contributed by atoms with E-state index in [0.717, 1.165) is 50.2 Å². The summed E-state index contributed by atoms with van der Waals surface area (Å²) in [6.45, 7) is 1.83. The molecular weight excluding hydrogens is 468 g/mol. The first kappa shape index (κ1) is 21.7. The van der Waals surface area contributed by atoms with E-state index in [1.54, 1.807) is 16.8 Å². The Labute approximate surface area is 204 Å². The van der Waals surface area contributed by atoms with Gasteiger partial charge in [-0.1, -0.05) is 0 Å². The van der Waals surface area contributed by atoms with E-state index in [1.807, 2.05) is 17.5 Å². The van der Waals surface area contributed by atoms with Gasteiger partial charge in [0, 0.05) is 34.7 Å². The van der Waals surface area contributed by atoms with Gasteiger partial charge < -0.3 is 21.3 Å². The van der Waals surface area contributed by atoms with Crippen molar-refractivity contribution in [3.63, 3.8) is 0 Å². The maximum atomic E-state index is 12.8. The number of thiophene rings is 1. The molecule has 0 atom stereocenters. The third-order valence-electron chi connectivity index (χ3n) is 6.24. The van der Waals surface area contributed by atoms with Gasteiger partial charge in [-0.05, 0) is 50.9 Å². The molecule has 5 heterocycles. The van der Waals surface area contributed by atoms with E-state index in [0.29, 0.717) is 27.8 Å². The van der Waals surface area contributed by atoms with Crippen LogP contribution in [0.5, 0.6) is 0 Å². The molecule has 5 N–H and O–H groups in total. The number of piperidine rings is 1. The number of nitrogens with zero attached hydrogens (tertiary/aromatic N) is 3. The molecule has 6 rings (SSSR count). The number of hydrogen-bond acceptors (Lipinski definition) is 8. The number of carbonyl (C=O) groups is 3. The maximum absolute atomic E-state index is 12.8. The van der Waals surface area contributed by atoms with Crippen molar-refractivity contribution in [1.82, 2.24) is 35.9 Å². The summed E-state index contributed by atoms with van der Waals surface area (Å²) in [4.78, 5) is 41.7. The highest BCUT2D eigenvalue weighted by molar-refractivity contribution is 7.12.